The first kappa shape index (κ1) is 27.6. The molecule has 3 aromatic carbocycles. The number of fused-ring (bicyclic) bond motifs is 1. The van der Waals surface area contributed by atoms with Crippen LogP contribution in [0, 0.1) is 0 Å². The van der Waals surface area contributed by atoms with Gasteiger partial charge in [0.25, 0.3) is 15.9 Å². The Morgan fingerprint density at radius 1 is 0.947 bits per heavy atom. The molecule has 196 valence electrons. The summed E-state index contributed by atoms with van der Waals surface area (Å²) in [6.45, 7) is 0. The summed E-state index contributed by atoms with van der Waals surface area (Å²) >= 11 is 18.1. The number of hydrogen-bond donors (Lipinski definition) is 3. The van der Waals surface area contributed by atoms with Crippen LogP contribution in [0.25, 0.3) is 11.0 Å². The molecule has 4 aromatic rings. The summed E-state index contributed by atoms with van der Waals surface area (Å²) in [7, 11) is -4.23. The Morgan fingerprint density at radius 3 is 2.45 bits per heavy atom. The van der Waals surface area contributed by atoms with E-state index in [-0.39, 0.29) is 38.1 Å². The predicted molar refractivity (Wildman–Crippen MR) is 145 cm³/mol. The summed E-state index contributed by atoms with van der Waals surface area (Å²) in [5.74, 6) is -1.84. The third-order valence-corrected chi connectivity index (χ3v) is 7.82. The number of aliphatic carboxylic acids is 1. The number of halogens is 3. The number of hydrogen-bond acceptors (Lipinski definition) is 6. The first-order valence-corrected chi connectivity index (χ1v) is 13.6. The number of amides is 1. The van der Waals surface area contributed by atoms with Crippen LogP contribution in [0.3, 0.4) is 0 Å². The van der Waals surface area contributed by atoms with E-state index in [1.54, 1.807) is 24.3 Å². The number of carboxylic acid groups (broad SMARTS) is 1. The highest BCUT2D eigenvalue weighted by Crippen LogP contribution is 2.27. The Morgan fingerprint density at radius 2 is 1.71 bits per heavy atom. The molecule has 38 heavy (non-hydrogen) atoms. The van der Waals surface area contributed by atoms with E-state index >= 15 is 0 Å². The summed E-state index contributed by atoms with van der Waals surface area (Å²) in [6, 6.07) is 12.5. The fourth-order valence-electron chi connectivity index (χ4n) is 3.78. The zero-order valence-electron chi connectivity index (χ0n) is 19.4. The lowest BCUT2D eigenvalue weighted by molar-refractivity contribution is -0.137. The van der Waals surface area contributed by atoms with E-state index in [1.165, 1.54) is 42.7 Å². The van der Waals surface area contributed by atoms with Gasteiger partial charge in [0, 0.05) is 23.5 Å². The molecule has 0 aliphatic carbocycles. The molecule has 1 heterocycles. The lowest BCUT2D eigenvalue weighted by atomic mass is 10.0. The minimum absolute atomic E-state index is 0.0613. The Balaban J connectivity index is 1.63. The fourth-order valence-corrected chi connectivity index (χ4v) is 5.51. The largest absolute Gasteiger partial charge is 0.481 e. The number of anilines is 1. The number of aromatic nitrogens is 2. The first-order chi connectivity index (χ1) is 18.0. The predicted octanol–water partition coefficient (Wildman–Crippen LogP) is 5.21. The number of nitrogens with one attached hydrogen (secondary N) is 2. The van der Waals surface area contributed by atoms with Crippen molar-refractivity contribution in [3.8, 4) is 0 Å². The van der Waals surface area contributed by atoms with Crippen LogP contribution >= 0.6 is 34.8 Å². The van der Waals surface area contributed by atoms with Crippen molar-refractivity contribution in [2.45, 2.75) is 23.8 Å². The van der Waals surface area contributed by atoms with Crippen molar-refractivity contribution in [2.24, 2.45) is 0 Å². The molecule has 0 spiro atoms. The van der Waals surface area contributed by atoms with Crippen molar-refractivity contribution in [3.63, 3.8) is 0 Å². The number of carbonyl (C=O) groups is 2. The van der Waals surface area contributed by atoms with Crippen LogP contribution in [0.15, 0.2) is 71.9 Å². The van der Waals surface area contributed by atoms with E-state index in [4.69, 9.17) is 34.8 Å². The van der Waals surface area contributed by atoms with Gasteiger partial charge >= 0.3 is 5.97 Å². The SMILES string of the molecule is O=C(O)C[C@@H](Cc1ccc(Cl)c(Cl)c1)NC(=O)c1ccc(Cl)cc1NS(=O)(=O)c1cccc2nccnc12. The highest BCUT2D eigenvalue weighted by Gasteiger charge is 2.24. The van der Waals surface area contributed by atoms with Crippen LogP contribution in [0.4, 0.5) is 5.69 Å². The Hall–Kier alpha value is -3.44. The summed E-state index contributed by atoms with van der Waals surface area (Å²) in [4.78, 5) is 32.8. The molecule has 13 heteroatoms. The van der Waals surface area contributed by atoms with E-state index < -0.39 is 34.4 Å². The molecule has 0 radical (unpaired) electrons. The highest BCUT2D eigenvalue weighted by atomic mass is 35.5. The number of benzene rings is 3. The molecule has 1 amide bonds. The summed E-state index contributed by atoms with van der Waals surface area (Å²) in [5.41, 5.74) is 1.02. The third-order valence-electron chi connectivity index (χ3n) is 5.44. The highest BCUT2D eigenvalue weighted by molar-refractivity contribution is 7.93. The average molecular weight is 594 g/mol. The second-order valence-corrected chi connectivity index (χ2v) is 11.1. The summed E-state index contributed by atoms with van der Waals surface area (Å²) in [6.07, 6.45) is 2.56. The molecule has 9 nitrogen and oxygen atoms in total. The summed E-state index contributed by atoms with van der Waals surface area (Å²) in [5, 5.41) is 12.9. The van der Waals surface area contributed by atoms with Crippen molar-refractivity contribution >= 4 is 73.4 Å². The van der Waals surface area contributed by atoms with Crippen LogP contribution in [0.5, 0.6) is 0 Å². The molecule has 0 unspecified atom stereocenters. The van der Waals surface area contributed by atoms with Gasteiger partial charge in [-0.05, 0) is 54.4 Å². The van der Waals surface area contributed by atoms with Crippen molar-refractivity contribution in [2.75, 3.05) is 4.72 Å². The van der Waals surface area contributed by atoms with Gasteiger partial charge in [-0.3, -0.25) is 24.3 Å². The maximum atomic E-state index is 13.3. The molecule has 0 saturated carbocycles. The van der Waals surface area contributed by atoms with Crippen LogP contribution in [-0.4, -0.2) is 41.4 Å². The Bertz CT molecular complexity index is 1640. The van der Waals surface area contributed by atoms with Crippen molar-refractivity contribution in [1.29, 1.82) is 0 Å². The topological polar surface area (TPSA) is 138 Å². The standard InChI is InChI=1S/C25H19Cl3N4O5S/c26-15-5-6-17(25(35)31-16(13-23(33)34)10-14-4-7-18(27)19(28)11-14)21(12-15)32-38(36,37)22-3-1-2-20-24(22)30-9-8-29-20/h1-9,11-12,16,32H,10,13H2,(H,31,35)(H,33,34)/t16-/m1/s1. The van der Waals surface area contributed by atoms with E-state index in [1.807, 2.05) is 0 Å². The minimum atomic E-state index is -4.23. The number of sulfonamides is 1. The molecular weight excluding hydrogens is 575 g/mol. The van der Waals surface area contributed by atoms with Crippen molar-refractivity contribution in [3.05, 3.63) is 93.2 Å². The van der Waals surface area contributed by atoms with Crippen molar-refractivity contribution in [1.82, 2.24) is 15.3 Å². The van der Waals surface area contributed by atoms with Gasteiger partial charge < -0.3 is 10.4 Å². The van der Waals surface area contributed by atoms with Crippen LogP contribution in [0.2, 0.25) is 15.1 Å². The minimum Gasteiger partial charge on any atom is -0.481 e. The molecule has 0 aliphatic heterocycles. The second-order valence-electron chi connectivity index (χ2n) is 8.20. The fraction of sp³-hybridized carbons (Fsp3) is 0.120. The van der Waals surface area contributed by atoms with Crippen LogP contribution in [0.1, 0.15) is 22.3 Å². The maximum absolute atomic E-state index is 13.3. The van der Waals surface area contributed by atoms with E-state index in [2.05, 4.69) is 20.0 Å². The van der Waals surface area contributed by atoms with Crippen molar-refractivity contribution < 1.29 is 23.1 Å². The Kier molecular flexibility index (Phi) is 8.37. The number of carbonyl (C=O) groups excluding carboxylic acids is 1. The van der Waals surface area contributed by atoms with Crippen LogP contribution < -0.4 is 10.0 Å². The average Bonchev–Trinajstić information content (AvgIpc) is 2.85. The van der Waals surface area contributed by atoms with Gasteiger partial charge in [-0.15, -0.1) is 0 Å². The normalized spacial score (nSPS) is 12.2. The molecule has 4 rings (SSSR count). The van der Waals surface area contributed by atoms with E-state index in [9.17, 15) is 23.1 Å². The molecule has 0 aliphatic rings. The molecule has 1 atom stereocenters. The molecule has 3 N–H and O–H groups in total. The van der Waals surface area contributed by atoms with E-state index in [0.717, 1.165) is 0 Å². The van der Waals surface area contributed by atoms with Gasteiger partial charge in [0.2, 0.25) is 0 Å². The maximum Gasteiger partial charge on any atom is 0.305 e. The molecular formula is C25H19Cl3N4O5S. The molecule has 0 bridgehead atoms. The third kappa shape index (κ3) is 6.51. The monoisotopic (exact) mass is 592 g/mol. The van der Waals surface area contributed by atoms with Gasteiger partial charge in [-0.25, -0.2) is 8.42 Å². The van der Waals surface area contributed by atoms with Gasteiger partial charge in [-0.1, -0.05) is 46.9 Å². The molecule has 1 aromatic heterocycles. The zero-order valence-corrected chi connectivity index (χ0v) is 22.4. The zero-order chi connectivity index (χ0) is 27.4. The van der Waals surface area contributed by atoms with Gasteiger partial charge in [0.15, 0.2) is 0 Å². The van der Waals surface area contributed by atoms with Gasteiger partial charge in [0.05, 0.1) is 33.2 Å². The van der Waals surface area contributed by atoms with Crippen LogP contribution in [-0.2, 0) is 21.2 Å². The summed E-state index contributed by atoms with van der Waals surface area (Å²) < 4.78 is 29.0. The van der Waals surface area contributed by atoms with Gasteiger partial charge in [-0.2, -0.15) is 0 Å². The quantitative estimate of drug-likeness (QED) is 0.242. The number of para-hydroxylation sites is 1. The number of nitrogens with zero attached hydrogens (tertiary/aromatic N) is 2. The number of carboxylic acids is 1. The molecule has 0 fully saturated rings. The van der Waals surface area contributed by atoms with Gasteiger partial charge in [0.1, 0.15) is 10.4 Å². The van der Waals surface area contributed by atoms with E-state index in [0.29, 0.717) is 16.1 Å². The number of rotatable bonds is 9. The molecule has 0 saturated heterocycles. The second kappa shape index (κ2) is 11.5. The lowest BCUT2D eigenvalue weighted by Crippen LogP contribution is -2.38. The smallest absolute Gasteiger partial charge is 0.305 e. The first-order valence-electron chi connectivity index (χ1n) is 11.0. The Labute approximate surface area is 232 Å². The lowest BCUT2D eigenvalue weighted by Gasteiger charge is -2.19.